The smallest absolute Gasteiger partial charge is 0.266 e. The fourth-order valence-electron chi connectivity index (χ4n) is 1.94. The number of carbonyl (C=O) groups is 1. The predicted octanol–water partition coefficient (Wildman–Crippen LogP) is 3.31. The molecule has 1 amide bonds. The molecule has 5 heteroatoms. The zero-order valence-electron chi connectivity index (χ0n) is 11.3. The van der Waals surface area contributed by atoms with Crippen molar-refractivity contribution in [1.82, 2.24) is 4.90 Å². The molecule has 2 aromatic rings. The van der Waals surface area contributed by atoms with E-state index in [9.17, 15) is 4.79 Å². The van der Waals surface area contributed by atoms with Crippen molar-refractivity contribution in [3.05, 3.63) is 29.1 Å². The Morgan fingerprint density at radius 2 is 2.16 bits per heavy atom. The SMILES string of the molecule is CSCC(C)N(C)C(=O)c1sc2ccccc2c1N. The van der Waals surface area contributed by atoms with Crippen LogP contribution in [-0.2, 0) is 0 Å². The van der Waals surface area contributed by atoms with Crippen LogP contribution in [-0.4, -0.2) is 35.9 Å². The minimum atomic E-state index is 0.0141. The Morgan fingerprint density at radius 3 is 2.79 bits per heavy atom. The molecule has 1 heterocycles. The van der Waals surface area contributed by atoms with Crippen LogP contribution in [0.1, 0.15) is 16.6 Å². The summed E-state index contributed by atoms with van der Waals surface area (Å²) in [6.45, 7) is 2.05. The van der Waals surface area contributed by atoms with E-state index in [4.69, 9.17) is 5.73 Å². The molecule has 102 valence electrons. The van der Waals surface area contributed by atoms with Gasteiger partial charge in [0.05, 0.1) is 5.69 Å². The highest BCUT2D eigenvalue weighted by Gasteiger charge is 2.22. The molecule has 1 aromatic heterocycles. The molecule has 0 spiro atoms. The monoisotopic (exact) mass is 294 g/mol. The Hall–Kier alpha value is -1.20. The number of anilines is 1. The first-order valence-corrected chi connectivity index (χ1v) is 8.30. The number of nitrogens with two attached hydrogens (primary N) is 1. The summed E-state index contributed by atoms with van der Waals surface area (Å²) < 4.78 is 1.06. The van der Waals surface area contributed by atoms with Gasteiger partial charge in [-0.05, 0) is 19.2 Å². The summed E-state index contributed by atoms with van der Waals surface area (Å²) in [6, 6.07) is 8.07. The molecular weight excluding hydrogens is 276 g/mol. The summed E-state index contributed by atoms with van der Waals surface area (Å²) in [5.41, 5.74) is 6.71. The molecule has 0 fully saturated rings. The van der Waals surface area contributed by atoms with E-state index < -0.39 is 0 Å². The molecule has 2 N–H and O–H groups in total. The number of thiophene rings is 1. The molecule has 19 heavy (non-hydrogen) atoms. The summed E-state index contributed by atoms with van der Waals surface area (Å²) in [5, 5.41) is 0.974. The molecule has 0 saturated carbocycles. The zero-order valence-corrected chi connectivity index (χ0v) is 13.0. The minimum Gasteiger partial charge on any atom is -0.397 e. The van der Waals surface area contributed by atoms with Gasteiger partial charge in [0.15, 0.2) is 0 Å². The van der Waals surface area contributed by atoms with E-state index in [-0.39, 0.29) is 11.9 Å². The summed E-state index contributed by atoms with van der Waals surface area (Å²) in [7, 11) is 1.84. The van der Waals surface area contributed by atoms with E-state index in [1.54, 1.807) is 16.7 Å². The van der Waals surface area contributed by atoms with Crippen molar-refractivity contribution < 1.29 is 4.79 Å². The fraction of sp³-hybridized carbons (Fsp3) is 0.357. The molecule has 0 radical (unpaired) electrons. The highest BCUT2D eigenvalue weighted by atomic mass is 32.2. The molecule has 3 nitrogen and oxygen atoms in total. The van der Waals surface area contributed by atoms with Crippen molar-refractivity contribution in [2.45, 2.75) is 13.0 Å². The Labute approximate surface area is 121 Å². The van der Waals surface area contributed by atoms with Gasteiger partial charge >= 0.3 is 0 Å². The Balaban J connectivity index is 2.33. The van der Waals surface area contributed by atoms with Crippen LogP contribution < -0.4 is 5.73 Å². The molecule has 1 unspecified atom stereocenters. The van der Waals surface area contributed by atoms with E-state index in [2.05, 4.69) is 6.92 Å². The van der Waals surface area contributed by atoms with Gasteiger partial charge in [-0.15, -0.1) is 11.3 Å². The first-order chi connectivity index (χ1) is 9.06. The third kappa shape index (κ3) is 2.72. The van der Waals surface area contributed by atoms with Crippen LogP contribution in [0.3, 0.4) is 0 Å². The molecular formula is C14H18N2OS2. The van der Waals surface area contributed by atoms with E-state index in [0.717, 1.165) is 15.8 Å². The maximum Gasteiger partial charge on any atom is 0.266 e. The summed E-state index contributed by atoms with van der Waals surface area (Å²) in [4.78, 5) is 14.9. The average molecular weight is 294 g/mol. The fourth-order valence-corrected chi connectivity index (χ4v) is 3.75. The summed E-state index contributed by atoms with van der Waals surface area (Å²) in [6.07, 6.45) is 2.04. The normalized spacial score (nSPS) is 12.6. The van der Waals surface area contributed by atoms with Crippen molar-refractivity contribution in [2.24, 2.45) is 0 Å². The summed E-state index contributed by atoms with van der Waals surface area (Å²) in [5.74, 6) is 0.938. The number of thioether (sulfide) groups is 1. The molecule has 1 aromatic carbocycles. The van der Waals surface area contributed by atoms with Crippen molar-refractivity contribution in [2.75, 3.05) is 24.8 Å². The van der Waals surface area contributed by atoms with Crippen molar-refractivity contribution in [3.63, 3.8) is 0 Å². The van der Waals surface area contributed by atoms with Crippen molar-refractivity contribution >= 4 is 44.8 Å². The summed E-state index contributed by atoms with van der Waals surface area (Å²) >= 11 is 3.21. The van der Waals surface area contributed by atoms with E-state index in [1.165, 1.54) is 11.3 Å². The lowest BCUT2D eigenvalue weighted by Gasteiger charge is -2.23. The van der Waals surface area contributed by atoms with Crippen molar-refractivity contribution in [1.29, 1.82) is 0 Å². The molecule has 0 aliphatic heterocycles. The number of hydrogen-bond donors (Lipinski definition) is 1. The topological polar surface area (TPSA) is 46.3 Å². The largest absolute Gasteiger partial charge is 0.397 e. The number of nitrogens with zero attached hydrogens (tertiary/aromatic N) is 1. The number of rotatable bonds is 4. The maximum absolute atomic E-state index is 12.5. The second-order valence-corrected chi connectivity index (χ2v) is 6.52. The first-order valence-electron chi connectivity index (χ1n) is 6.09. The molecule has 2 rings (SSSR count). The van der Waals surface area contributed by atoms with Crippen LogP contribution in [0.15, 0.2) is 24.3 Å². The van der Waals surface area contributed by atoms with Crippen LogP contribution >= 0.6 is 23.1 Å². The van der Waals surface area contributed by atoms with Gasteiger partial charge in [-0.1, -0.05) is 18.2 Å². The molecule has 0 aliphatic carbocycles. The standard InChI is InChI=1S/C14H18N2OS2/c1-9(8-18-3)16(2)14(17)13-12(15)10-6-4-5-7-11(10)19-13/h4-7,9H,8,15H2,1-3H3. The van der Waals surface area contributed by atoms with Gasteiger partial charge in [-0.2, -0.15) is 11.8 Å². The number of fused-ring (bicyclic) bond motifs is 1. The van der Waals surface area contributed by atoms with Crippen LogP contribution in [0, 0.1) is 0 Å². The molecule has 0 aliphatic rings. The number of benzene rings is 1. The van der Waals surface area contributed by atoms with Gasteiger partial charge in [0.2, 0.25) is 0 Å². The van der Waals surface area contributed by atoms with Gasteiger partial charge < -0.3 is 10.6 Å². The van der Waals surface area contributed by atoms with Crippen LogP contribution in [0.4, 0.5) is 5.69 Å². The minimum absolute atomic E-state index is 0.0141. The number of carbonyl (C=O) groups excluding carboxylic acids is 1. The van der Waals surface area contributed by atoms with Crippen LogP contribution in [0.25, 0.3) is 10.1 Å². The lowest BCUT2D eigenvalue weighted by Crippen LogP contribution is -2.36. The molecule has 0 saturated heterocycles. The lowest BCUT2D eigenvalue weighted by molar-refractivity contribution is 0.0763. The zero-order chi connectivity index (χ0) is 14.0. The third-order valence-electron chi connectivity index (χ3n) is 3.22. The molecule has 0 bridgehead atoms. The van der Waals surface area contributed by atoms with E-state index >= 15 is 0 Å². The second-order valence-electron chi connectivity index (χ2n) is 4.56. The quantitative estimate of drug-likeness (QED) is 0.941. The maximum atomic E-state index is 12.5. The van der Waals surface area contributed by atoms with Gasteiger partial charge in [0, 0.05) is 28.9 Å². The number of hydrogen-bond acceptors (Lipinski definition) is 4. The van der Waals surface area contributed by atoms with Crippen molar-refractivity contribution in [3.8, 4) is 0 Å². The second kappa shape index (κ2) is 5.84. The highest BCUT2D eigenvalue weighted by molar-refractivity contribution is 7.98. The Kier molecular flexibility index (Phi) is 4.37. The average Bonchev–Trinajstić information content (AvgIpc) is 2.75. The van der Waals surface area contributed by atoms with Gasteiger partial charge in [-0.3, -0.25) is 4.79 Å². The number of nitrogen functional groups attached to an aromatic ring is 1. The number of amides is 1. The predicted molar refractivity (Wildman–Crippen MR) is 86.2 cm³/mol. The highest BCUT2D eigenvalue weighted by Crippen LogP contribution is 2.34. The van der Waals surface area contributed by atoms with Crippen LogP contribution in [0.2, 0.25) is 0 Å². The first kappa shape index (κ1) is 14.2. The third-order valence-corrected chi connectivity index (χ3v) is 5.21. The lowest BCUT2D eigenvalue weighted by atomic mass is 10.2. The van der Waals surface area contributed by atoms with E-state index in [0.29, 0.717) is 10.6 Å². The van der Waals surface area contributed by atoms with Gasteiger partial charge in [-0.25, -0.2) is 0 Å². The van der Waals surface area contributed by atoms with E-state index in [1.807, 2.05) is 37.6 Å². The Morgan fingerprint density at radius 1 is 1.47 bits per heavy atom. The van der Waals surface area contributed by atoms with Gasteiger partial charge in [0.1, 0.15) is 4.88 Å². The molecule has 1 atom stereocenters. The Bertz CT molecular complexity index is 594. The van der Waals surface area contributed by atoms with Crippen LogP contribution in [0.5, 0.6) is 0 Å². The van der Waals surface area contributed by atoms with Gasteiger partial charge in [0.25, 0.3) is 5.91 Å².